The Morgan fingerprint density at radius 2 is 2.08 bits per heavy atom. The number of nitrogens with one attached hydrogen (secondary N) is 3. The fourth-order valence-corrected chi connectivity index (χ4v) is 5.15. The minimum Gasteiger partial charge on any atom is -0.493 e. The van der Waals surface area contributed by atoms with Crippen molar-refractivity contribution in [3.63, 3.8) is 0 Å². The molecule has 4 aromatic rings. The number of para-hydroxylation sites is 1. The van der Waals surface area contributed by atoms with Gasteiger partial charge in [0.1, 0.15) is 16.6 Å². The van der Waals surface area contributed by atoms with E-state index in [1.807, 2.05) is 18.2 Å². The molecule has 1 aliphatic heterocycles. The number of benzene rings is 1. The Balaban J connectivity index is 1.42. The number of pyridine rings is 1. The van der Waals surface area contributed by atoms with Crippen LogP contribution in [0.25, 0.3) is 22.3 Å². The average molecular weight is 503 g/mol. The van der Waals surface area contributed by atoms with Crippen molar-refractivity contribution >= 4 is 39.9 Å². The lowest BCUT2D eigenvalue weighted by Crippen LogP contribution is -2.31. The molecule has 2 fully saturated rings. The van der Waals surface area contributed by atoms with Crippen LogP contribution in [0.3, 0.4) is 0 Å². The third-order valence-electron chi connectivity index (χ3n) is 7.18. The summed E-state index contributed by atoms with van der Waals surface area (Å²) in [6.07, 6.45) is 6.25. The van der Waals surface area contributed by atoms with Crippen LogP contribution in [0.2, 0.25) is 5.02 Å². The second kappa shape index (κ2) is 7.57. The van der Waals surface area contributed by atoms with Crippen LogP contribution in [-0.4, -0.2) is 44.6 Å². The highest BCUT2D eigenvalue weighted by molar-refractivity contribution is 6.32. The number of nitrogens with zero attached hydrogens (tertiary/aromatic N) is 3. The first-order valence-electron chi connectivity index (χ1n) is 11.9. The molecule has 0 radical (unpaired) electrons. The van der Waals surface area contributed by atoms with E-state index in [-0.39, 0.29) is 23.5 Å². The molecule has 10 heteroatoms. The van der Waals surface area contributed by atoms with Crippen molar-refractivity contribution in [3.05, 3.63) is 52.9 Å². The molecule has 9 nitrogen and oxygen atoms in total. The summed E-state index contributed by atoms with van der Waals surface area (Å²) >= 11 is 6.39. The Hall–Kier alpha value is -3.85. The van der Waals surface area contributed by atoms with E-state index in [9.17, 15) is 4.79 Å². The molecule has 0 unspecified atom stereocenters. The highest BCUT2D eigenvalue weighted by Crippen LogP contribution is 2.51. The molecule has 2 aliphatic carbocycles. The largest absolute Gasteiger partial charge is 0.493 e. The van der Waals surface area contributed by atoms with Gasteiger partial charge in [-0.05, 0) is 44.4 Å². The van der Waals surface area contributed by atoms with Gasteiger partial charge in [-0.2, -0.15) is 4.98 Å². The summed E-state index contributed by atoms with van der Waals surface area (Å²) in [5.41, 5.74) is 5.38. The van der Waals surface area contributed by atoms with Gasteiger partial charge in [0.05, 0.1) is 41.0 Å². The van der Waals surface area contributed by atoms with Crippen molar-refractivity contribution in [2.45, 2.75) is 43.7 Å². The van der Waals surface area contributed by atoms with Crippen LogP contribution in [0.1, 0.15) is 48.2 Å². The Kier molecular flexibility index (Phi) is 4.51. The van der Waals surface area contributed by atoms with E-state index in [0.717, 1.165) is 36.2 Å². The van der Waals surface area contributed by atoms with Gasteiger partial charge in [0.2, 0.25) is 0 Å². The lowest BCUT2D eigenvalue weighted by molar-refractivity contribution is 0.0944. The van der Waals surface area contributed by atoms with Gasteiger partial charge in [-0.1, -0.05) is 17.7 Å². The van der Waals surface area contributed by atoms with Crippen LogP contribution in [0.5, 0.6) is 11.8 Å². The van der Waals surface area contributed by atoms with Crippen LogP contribution >= 0.6 is 11.6 Å². The number of carbonyl (C=O) groups excluding carboxylic acids is 1. The number of anilines is 2. The summed E-state index contributed by atoms with van der Waals surface area (Å²) in [4.78, 5) is 30.3. The van der Waals surface area contributed by atoms with Crippen molar-refractivity contribution < 1.29 is 14.3 Å². The maximum absolute atomic E-state index is 13.2. The summed E-state index contributed by atoms with van der Waals surface area (Å²) in [5.74, 6) is 0.633. The van der Waals surface area contributed by atoms with Crippen molar-refractivity contribution in [3.8, 4) is 23.0 Å². The first kappa shape index (κ1) is 21.4. The third kappa shape index (κ3) is 3.37. The SMILES string of the molecule is COc1c(Cl)cccc1Nc1c(-c2ccnc3cnc(OC4(C)CC4)nc23)[nH]c2c1C(=O)N[C@@H]1C[C@H]21. The smallest absolute Gasteiger partial charge is 0.317 e. The van der Waals surface area contributed by atoms with Crippen LogP contribution < -0.4 is 20.1 Å². The zero-order valence-electron chi connectivity index (χ0n) is 19.7. The summed E-state index contributed by atoms with van der Waals surface area (Å²) in [5, 5.41) is 7.02. The van der Waals surface area contributed by atoms with E-state index in [0.29, 0.717) is 44.8 Å². The van der Waals surface area contributed by atoms with Gasteiger partial charge >= 0.3 is 6.01 Å². The molecule has 2 atom stereocenters. The summed E-state index contributed by atoms with van der Waals surface area (Å²) in [6.45, 7) is 2.05. The zero-order valence-corrected chi connectivity index (χ0v) is 20.4. The first-order chi connectivity index (χ1) is 17.4. The van der Waals surface area contributed by atoms with E-state index >= 15 is 0 Å². The minimum atomic E-state index is -0.212. The molecule has 0 saturated heterocycles. The molecule has 2 saturated carbocycles. The quantitative estimate of drug-likeness (QED) is 0.341. The fourth-order valence-electron chi connectivity index (χ4n) is 4.90. The highest BCUT2D eigenvalue weighted by Gasteiger charge is 2.48. The lowest BCUT2D eigenvalue weighted by Gasteiger charge is -2.17. The molecular weight excluding hydrogens is 480 g/mol. The standard InChI is InChI=1S/C26H23ClN6O3/c1-26(7-8-26)36-25-29-11-17-19(33-25)12(6-9-28-17)21-22(30-15-5-3-4-14(27)23(15)35-2)18-20(32-21)13-10-16(13)31-24(18)34/h3-6,9,11,13,16,30,32H,7-8,10H2,1-2H3,(H,31,34)/t13-,16+/m0/s1. The van der Waals surface area contributed by atoms with Gasteiger partial charge in [0, 0.05) is 29.4 Å². The molecule has 1 aromatic carbocycles. The molecule has 182 valence electrons. The number of ether oxygens (including phenoxy) is 2. The maximum atomic E-state index is 13.2. The van der Waals surface area contributed by atoms with Gasteiger partial charge in [-0.3, -0.25) is 9.78 Å². The van der Waals surface area contributed by atoms with E-state index in [1.165, 1.54) is 0 Å². The van der Waals surface area contributed by atoms with Gasteiger partial charge in [-0.15, -0.1) is 0 Å². The molecule has 7 rings (SSSR count). The monoisotopic (exact) mass is 502 g/mol. The summed E-state index contributed by atoms with van der Waals surface area (Å²) in [6, 6.07) is 7.83. The van der Waals surface area contributed by atoms with Crippen molar-refractivity contribution in [1.29, 1.82) is 0 Å². The predicted octanol–water partition coefficient (Wildman–Crippen LogP) is 4.96. The number of carbonyl (C=O) groups is 1. The molecule has 4 heterocycles. The number of fused-ring (bicyclic) bond motifs is 4. The molecular formula is C26H23ClN6O3. The Labute approximate surface area is 211 Å². The van der Waals surface area contributed by atoms with Crippen molar-refractivity contribution in [2.75, 3.05) is 12.4 Å². The Morgan fingerprint density at radius 1 is 1.22 bits per heavy atom. The van der Waals surface area contributed by atoms with E-state index in [4.69, 9.17) is 26.1 Å². The summed E-state index contributed by atoms with van der Waals surface area (Å²) in [7, 11) is 1.57. The number of rotatable bonds is 6. The number of halogens is 1. The minimum absolute atomic E-state index is 0.117. The summed E-state index contributed by atoms with van der Waals surface area (Å²) < 4.78 is 11.6. The van der Waals surface area contributed by atoms with E-state index in [1.54, 1.807) is 25.6 Å². The highest BCUT2D eigenvalue weighted by atomic mass is 35.5. The molecule has 0 spiro atoms. The Bertz CT molecular complexity index is 1560. The topological polar surface area (TPSA) is 114 Å². The van der Waals surface area contributed by atoms with Crippen LogP contribution in [0.4, 0.5) is 11.4 Å². The average Bonchev–Trinajstić information content (AvgIpc) is 3.76. The number of aromatic nitrogens is 4. The van der Waals surface area contributed by atoms with Gasteiger partial charge < -0.3 is 25.1 Å². The number of hydrogen-bond donors (Lipinski definition) is 3. The number of amides is 1. The number of aromatic amines is 1. The molecule has 1 amide bonds. The van der Waals surface area contributed by atoms with Crippen LogP contribution in [-0.2, 0) is 0 Å². The second-order valence-corrected chi connectivity index (χ2v) is 10.2. The van der Waals surface area contributed by atoms with E-state index in [2.05, 4.69) is 32.5 Å². The lowest BCUT2D eigenvalue weighted by atomic mass is 10.0. The van der Waals surface area contributed by atoms with E-state index < -0.39 is 0 Å². The first-order valence-corrected chi connectivity index (χ1v) is 12.3. The van der Waals surface area contributed by atoms with Crippen molar-refractivity contribution in [1.82, 2.24) is 25.3 Å². The van der Waals surface area contributed by atoms with Crippen molar-refractivity contribution in [2.24, 2.45) is 0 Å². The van der Waals surface area contributed by atoms with Gasteiger partial charge in [-0.25, -0.2) is 4.98 Å². The number of methoxy groups -OCH3 is 1. The maximum Gasteiger partial charge on any atom is 0.317 e. The number of H-pyrrole nitrogens is 1. The molecule has 3 aliphatic rings. The fraction of sp³-hybridized carbons (Fsp3) is 0.308. The normalized spacial score (nSPS) is 20.8. The Morgan fingerprint density at radius 3 is 2.89 bits per heavy atom. The van der Waals surface area contributed by atoms with Gasteiger partial charge in [0.15, 0.2) is 5.75 Å². The second-order valence-electron chi connectivity index (χ2n) is 9.83. The van der Waals surface area contributed by atoms with Crippen LogP contribution in [0.15, 0.2) is 36.7 Å². The predicted molar refractivity (Wildman–Crippen MR) is 135 cm³/mol. The van der Waals surface area contributed by atoms with Crippen LogP contribution in [0, 0.1) is 0 Å². The van der Waals surface area contributed by atoms with Gasteiger partial charge in [0.25, 0.3) is 5.91 Å². The molecule has 36 heavy (non-hydrogen) atoms. The zero-order chi connectivity index (χ0) is 24.6. The molecule has 0 bridgehead atoms. The third-order valence-corrected chi connectivity index (χ3v) is 7.48. The molecule has 3 aromatic heterocycles. The number of hydrogen-bond acceptors (Lipinski definition) is 7. The molecule has 3 N–H and O–H groups in total.